The molecule has 4 nitrogen and oxygen atoms in total. The summed E-state index contributed by atoms with van der Waals surface area (Å²) in [7, 11) is 0. The highest BCUT2D eigenvalue weighted by Crippen LogP contribution is 2.26. The van der Waals surface area contributed by atoms with Crippen molar-refractivity contribution in [2.24, 2.45) is 11.7 Å². The molecule has 1 amide bonds. The molecule has 4 heteroatoms. The summed E-state index contributed by atoms with van der Waals surface area (Å²) < 4.78 is 0. The van der Waals surface area contributed by atoms with Gasteiger partial charge in [-0.25, -0.2) is 0 Å². The van der Waals surface area contributed by atoms with Gasteiger partial charge in [0.25, 0.3) is 0 Å². The highest BCUT2D eigenvalue weighted by atomic mass is 16.2. The average Bonchev–Trinajstić information content (AvgIpc) is 2.60. The minimum Gasteiger partial charge on any atom is -0.350 e. The molecule has 0 spiro atoms. The fourth-order valence-electron chi connectivity index (χ4n) is 3.74. The van der Waals surface area contributed by atoms with E-state index in [9.17, 15) is 4.79 Å². The SMILES string of the molecule is CC(C)C(N)C(=O)NC1CCCCC1N(Cc1ccccc1)C(C)C. The Hall–Kier alpha value is -1.39. The number of nitrogens with one attached hydrogen (secondary N) is 1. The van der Waals surface area contributed by atoms with Gasteiger partial charge in [-0.1, -0.05) is 57.0 Å². The van der Waals surface area contributed by atoms with Crippen LogP contribution < -0.4 is 11.1 Å². The highest BCUT2D eigenvalue weighted by molar-refractivity contribution is 5.82. The molecule has 1 fully saturated rings. The lowest BCUT2D eigenvalue weighted by Gasteiger charge is -2.43. The van der Waals surface area contributed by atoms with Gasteiger partial charge >= 0.3 is 0 Å². The molecule has 0 aromatic heterocycles. The second-order valence-corrected chi connectivity index (χ2v) is 7.99. The van der Waals surface area contributed by atoms with Crippen molar-refractivity contribution < 1.29 is 4.79 Å². The van der Waals surface area contributed by atoms with Crippen molar-refractivity contribution in [1.82, 2.24) is 10.2 Å². The van der Waals surface area contributed by atoms with Crippen molar-refractivity contribution in [3.63, 3.8) is 0 Å². The molecule has 1 aliphatic carbocycles. The van der Waals surface area contributed by atoms with E-state index in [2.05, 4.69) is 54.4 Å². The van der Waals surface area contributed by atoms with Gasteiger partial charge in [0.1, 0.15) is 0 Å². The zero-order valence-electron chi connectivity index (χ0n) is 16.2. The molecule has 1 saturated carbocycles. The van der Waals surface area contributed by atoms with E-state index in [1.54, 1.807) is 0 Å². The Morgan fingerprint density at radius 1 is 1.16 bits per heavy atom. The summed E-state index contributed by atoms with van der Waals surface area (Å²) in [5, 5.41) is 3.27. The van der Waals surface area contributed by atoms with E-state index in [0.29, 0.717) is 12.1 Å². The monoisotopic (exact) mass is 345 g/mol. The Labute approximate surface area is 153 Å². The van der Waals surface area contributed by atoms with E-state index in [4.69, 9.17) is 5.73 Å². The number of carbonyl (C=O) groups excluding carboxylic acids is 1. The van der Waals surface area contributed by atoms with Crippen LogP contribution in [0.25, 0.3) is 0 Å². The Morgan fingerprint density at radius 3 is 2.40 bits per heavy atom. The highest BCUT2D eigenvalue weighted by Gasteiger charge is 2.33. The molecule has 1 aromatic carbocycles. The molecule has 3 N–H and O–H groups in total. The Balaban J connectivity index is 2.11. The standard InChI is InChI=1S/C21H35N3O/c1-15(2)20(22)21(25)23-18-12-8-9-13-19(18)24(16(3)4)14-17-10-6-5-7-11-17/h5-7,10-11,15-16,18-20H,8-9,12-14,22H2,1-4H3,(H,23,25). The lowest BCUT2D eigenvalue weighted by molar-refractivity contribution is -0.124. The van der Waals surface area contributed by atoms with E-state index in [-0.39, 0.29) is 17.9 Å². The van der Waals surface area contributed by atoms with Crippen molar-refractivity contribution >= 4 is 5.91 Å². The van der Waals surface area contributed by atoms with Gasteiger partial charge in [-0.2, -0.15) is 0 Å². The molecule has 3 unspecified atom stereocenters. The van der Waals surface area contributed by atoms with Crippen molar-refractivity contribution in [2.75, 3.05) is 0 Å². The number of hydrogen-bond donors (Lipinski definition) is 2. The van der Waals surface area contributed by atoms with Gasteiger partial charge in [-0.3, -0.25) is 9.69 Å². The van der Waals surface area contributed by atoms with Gasteiger partial charge in [0.15, 0.2) is 0 Å². The molecule has 0 heterocycles. The maximum atomic E-state index is 12.5. The Bertz CT molecular complexity index is 529. The van der Waals surface area contributed by atoms with Crippen LogP contribution in [0.3, 0.4) is 0 Å². The smallest absolute Gasteiger partial charge is 0.237 e. The first-order chi connectivity index (χ1) is 11.9. The van der Waals surface area contributed by atoms with Crippen LogP contribution in [-0.4, -0.2) is 35.0 Å². The number of hydrogen-bond acceptors (Lipinski definition) is 3. The molecule has 0 saturated heterocycles. The number of rotatable bonds is 7. The summed E-state index contributed by atoms with van der Waals surface area (Å²) in [6.45, 7) is 9.41. The first-order valence-corrected chi connectivity index (χ1v) is 9.75. The van der Waals surface area contributed by atoms with Gasteiger partial charge in [0.2, 0.25) is 5.91 Å². The van der Waals surface area contributed by atoms with E-state index < -0.39 is 6.04 Å². The summed E-state index contributed by atoms with van der Waals surface area (Å²) in [6.07, 6.45) is 4.58. The first kappa shape index (κ1) is 19.9. The van der Waals surface area contributed by atoms with Gasteiger partial charge in [-0.05, 0) is 38.2 Å². The summed E-state index contributed by atoms with van der Waals surface area (Å²) in [5.41, 5.74) is 7.38. The van der Waals surface area contributed by atoms with Crippen molar-refractivity contribution in [1.29, 1.82) is 0 Å². The quantitative estimate of drug-likeness (QED) is 0.797. The molecule has 25 heavy (non-hydrogen) atoms. The summed E-state index contributed by atoms with van der Waals surface area (Å²) in [5.74, 6) is 0.155. The van der Waals surface area contributed by atoms with Crippen molar-refractivity contribution in [2.45, 2.75) is 84.1 Å². The largest absolute Gasteiger partial charge is 0.350 e. The van der Waals surface area contributed by atoms with Gasteiger partial charge in [0.05, 0.1) is 6.04 Å². The van der Waals surface area contributed by atoms with E-state index in [0.717, 1.165) is 19.4 Å². The van der Waals surface area contributed by atoms with E-state index in [1.807, 2.05) is 13.8 Å². The number of carbonyl (C=O) groups is 1. The third kappa shape index (κ3) is 5.55. The number of benzene rings is 1. The second kappa shape index (κ2) is 9.35. The van der Waals surface area contributed by atoms with Gasteiger partial charge in [0, 0.05) is 24.7 Å². The maximum absolute atomic E-state index is 12.5. The summed E-state index contributed by atoms with van der Waals surface area (Å²) in [4.78, 5) is 15.0. The molecule has 0 aliphatic heterocycles. The average molecular weight is 346 g/mol. The Kier molecular flexibility index (Phi) is 7.45. The zero-order chi connectivity index (χ0) is 18.4. The first-order valence-electron chi connectivity index (χ1n) is 9.75. The predicted molar refractivity (Wildman–Crippen MR) is 104 cm³/mol. The van der Waals surface area contributed by atoms with Crippen LogP contribution in [0.5, 0.6) is 0 Å². The van der Waals surface area contributed by atoms with Crippen LogP contribution in [-0.2, 0) is 11.3 Å². The molecule has 1 aromatic rings. The van der Waals surface area contributed by atoms with Crippen molar-refractivity contribution in [3.8, 4) is 0 Å². The molecule has 1 aliphatic rings. The summed E-state index contributed by atoms with van der Waals surface area (Å²) >= 11 is 0. The van der Waals surface area contributed by atoms with Crippen LogP contribution in [0.15, 0.2) is 30.3 Å². The lowest BCUT2D eigenvalue weighted by Crippen LogP contribution is -2.57. The van der Waals surface area contributed by atoms with Crippen LogP contribution in [0, 0.1) is 5.92 Å². The number of nitrogens with zero attached hydrogens (tertiary/aromatic N) is 1. The van der Waals surface area contributed by atoms with Gasteiger partial charge < -0.3 is 11.1 Å². The van der Waals surface area contributed by atoms with Crippen molar-refractivity contribution in [3.05, 3.63) is 35.9 Å². The van der Waals surface area contributed by atoms with E-state index >= 15 is 0 Å². The van der Waals surface area contributed by atoms with Gasteiger partial charge in [-0.15, -0.1) is 0 Å². The molecule has 2 rings (SSSR count). The van der Waals surface area contributed by atoms with Crippen LogP contribution in [0.1, 0.15) is 58.9 Å². The van der Waals surface area contributed by atoms with Crippen LogP contribution >= 0.6 is 0 Å². The lowest BCUT2D eigenvalue weighted by atomic mass is 9.87. The molecule has 0 radical (unpaired) electrons. The third-order valence-corrected chi connectivity index (χ3v) is 5.38. The fraction of sp³-hybridized carbons (Fsp3) is 0.667. The van der Waals surface area contributed by atoms with E-state index in [1.165, 1.54) is 18.4 Å². The predicted octanol–water partition coefficient (Wildman–Crippen LogP) is 3.31. The molecular formula is C21H35N3O. The number of amides is 1. The molecular weight excluding hydrogens is 310 g/mol. The zero-order valence-corrected chi connectivity index (χ0v) is 16.2. The Morgan fingerprint density at radius 2 is 1.80 bits per heavy atom. The molecule has 3 atom stereocenters. The molecule has 0 bridgehead atoms. The third-order valence-electron chi connectivity index (χ3n) is 5.38. The number of nitrogens with two attached hydrogens (primary N) is 1. The van der Waals surface area contributed by atoms with Crippen LogP contribution in [0.2, 0.25) is 0 Å². The van der Waals surface area contributed by atoms with Crippen LogP contribution in [0.4, 0.5) is 0 Å². The molecule has 140 valence electrons. The fourth-order valence-corrected chi connectivity index (χ4v) is 3.74. The normalized spacial score (nSPS) is 22.4. The maximum Gasteiger partial charge on any atom is 0.237 e. The second-order valence-electron chi connectivity index (χ2n) is 7.99. The minimum atomic E-state index is -0.427. The topological polar surface area (TPSA) is 58.4 Å². The summed E-state index contributed by atoms with van der Waals surface area (Å²) in [6, 6.07) is 11.2. The minimum absolute atomic E-state index is 0.00434.